The standard InChI is InChI=1S/C12H19NO4S2/c1-4-8(2)7-9(3)13-19(16,17)10-5-6-18-11(10)12(14)15/h5-6,8-9,13H,4,7H2,1-3H3,(H,14,15). The van der Waals surface area contributed by atoms with Gasteiger partial charge < -0.3 is 5.11 Å². The fraction of sp³-hybridized carbons (Fsp3) is 0.583. The first-order valence-corrected chi connectivity index (χ1v) is 8.47. The Morgan fingerprint density at radius 2 is 2.11 bits per heavy atom. The number of hydrogen-bond donors (Lipinski definition) is 2. The molecular formula is C12H19NO4S2. The van der Waals surface area contributed by atoms with E-state index in [4.69, 9.17) is 5.11 Å². The quantitative estimate of drug-likeness (QED) is 0.811. The molecule has 19 heavy (non-hydrogen) atoms. The molecule has 0 amide bonds. The zero-order valence-electron chi connectivity index (χ0n) is 11.2. The third-order valence-corrected chi connectivity index (χ3v) is 5.59. The van der Waals surface area contributed by atoms with E-state index in [1.807, 2.05) is 6.92 Å². The van der Waals surface area contributed by atoms with Crippen LogP contribution in [0.25, 0.3) is 0 Å². The summed E-state index contributed by atoms with van der Waals surface area (Å²) in [5, 5.41) is 10.4. The van der Waals surface area contributed by atoms with Gasteiger partial charge in [0.1, 0.15) is 9.77 Å². The molecule has 1 heterocycles. The predicted molar refractivity (Wildman–Crippen MR) is 75.1 cm³/mol. The topological polar surface area (TPSA) is 83.5 Å². The van der Waals surface area contributed by atoms with Gasteiger partial charge >= 0.3 is 5.97 Å². The Hall–Kier alpha value is -0.920. The summed E-state index contributed by atoms with van der Waals surface area (Å²) < 4.78 is 26.8. The van der Waals surface area contributed by atoms with Crippen LogP contribution >= 0.6 is 11.3 Å². The van der Waals surface area contributed by atoms with Crippen LogP contribution in [0.3, 0.4) is 0 Å². The smallest absolute Gasteiger partial charge is 0.347 e. The fourth-order valence-electron chi connectivity index (χ4n) is 1.81. The molecule has 5 nitrogen and oxygen atoms in total. The zero-order valence-corrected chi connectivity index (χ0v) is 12.8. The van der Waals surface area contributed by atoms with E-state index in [0.717, 1.165) is 24.2 Å². The van der Waals surface area contributed by atoms with Crippen molar-refractivity contribution in [1.29, 1.82) is 0 Å². The lowest BCUT2D eigenvalue weighted by Gasteiger charge is -2.17. The number of sulfonamides is 1. The van der Waals surface area contributed by atoms with Crippen LogP contribution in [0.1, 0.15) is 43.3 Å². The highest BCUT2D eigenvalue weighted by molar-refractivity contribution is 7.89. The van der Waals surface area contributed by atoms with Crippen LogP contribution in [-0.2, 0) is 10.0 Å². The third kappa shape index (κ3) is 4.29. The summed E-state index contributed by atoms with van der Waals surface area (Å²) >= 11 is 0.911. The summed E-state index contributed by atoms with van der Waals surface area (Å²) in [6, 6.07) is 1.10. The van der Waals surface area contributed by atoms with Crippen molar-refractivity contribution in [2.45, 2.75) is 44.6 Å². The number of carboxylic acids is 1. The first-order valence-electron chi connectivity index (χ1n) is 6.11. The van der Waals surface area contributed by atoms with E-state index in [9.17, 15) is 13.2 Å². The summed E-state index contributed by atoms with van der Waals surface area (Å²) in [4.78, 5) is 10.7. The van der Waals surface area contributed by atoms with Gasteiger partial charge in [0.2, 0.25) is 10.0 Å². The Morgan fingerprint density at radius 3 is 2.63 bits per heavy atom. The maximum Gasteiger partial charge on any atom is 0.347 e. The minimum atomic E-state index is -3.77. The normalized spacial score (nSPS) is 15.1. The first kappa shape index (κ1) is 16.1. The summed E-state index contributed by atoms with van der Waals surface area (Å²) in [6.07, 6.45) is 1.70. The van der Waals surface area contributed by atoms with E-state index in [1.165, 1.54) is 11.4 Å². The number of thiophene rings is 1. The Balaban J connectivity index is 2.87. The molecule has 0 aromatic carbocycles. The lowest BCUT2D eigenvalue weighted by Crippen LogP contribution is -2.34. The second-order valence-corrected chi connectivity index (χ2v) is 7.29. The second kappa shape index (κ2) is 6.49. The van der Waals surface area contributed by atoms with E-state index >= 15 is 0 Å². The highest BCUT2D eigenvalue weighted by Crippen LogP contribution is 2.22. The lowest BCUT2D eigenvalue weighted by atomic mass is 10.0. The van der Waals surface area contributed by atoms with Crippen molar-refractivity contribution in [1.82, 2.24) is 4.72 Å². The first-order chi connectivity index (χ1) is 8.77. The van der Waals surface area contributed by atoms with Crippen molar-refractivity contribution < 1.29 is 18.3 Å². The van der Waals surface area contributed by atoms with Gasteiger partial charge in [0.05, 0.1) is 0 Å². The molecule has 2 unspecified atom stereocenters. The summed E-state index contributed by atoms with van der Waals surface area (Å²) in [6.45, 7) is 5.89. The van der Waals surface area contributed by atoms with Crippen LogP contribution < -0.4 is 4.72 Å². The van der Waals surface area contributed by atoms with Crippen LogP contribution in [0.4, 0.5) is 0 Å². The largest absolute Gasteiger partial charge is 0.477 e. The highest BCUT2D eigenvalue weighted by Gasteiger charge is 2.25. The van der Waals surface area contributed by atoms with Gasteiger partial charge in [0.25, 0.3) is 0 Å². The van der Waals surface area contributed by atoms with Crippen molar-refractivity contribution in [3.63, 3.8) is 0 Å². The molecule has 1 rings (SSSR count). The van der Waals surface area contributed by atoms with Gasteiger partial charge in [0, 0.05) is 6.04 Å². The number of carbonyl (C=O) groups is 1. The average molecular weight is 305 g/mol. The molecule has 0 aliphatic carbocycles. The molecule has 0 saturated heterocycles. The molecule has 0 aliphatic heterocycles. The number of aromatic carboxylic acids is 1. The van der Waals surface area contributed by atoms with E-state index < -0.39 is 16.0 Å². The van der Waals surface area contributed by atoms with E-state index in [1.54, 1.807) is 6.92 Å². The van der Waals surface area contributed by atoms with Crippen molar-refractivity contribution in [2.24, 2.45) is 5.92 Å². The fourth-order valence-corrected chi connectivity index (χ4v) is 4.33. The molecule has 0 spiro atoms. The number of hydrogen-bond acceptors (Lipinski definition) is 4. The molecule has 0 saturated carbocycles. The molecule has 108 valence electrons. The maximum absolute atomic E-state index is 12.1. The lowest BCUT2D eigenvalue weighted by molar-refractivity contribution is 0.0698. The Morgan fingerprint density at radius 1 is 1.47 bits per heavy atom. The van der Waals surface area contributed by atoms with Gasteiger partial charge in [-0.15, -0.1) is 11.3 Å². The van der Waals surface area contributed by atoms with Gasteiger partial charge in [-0.1, -0.05) is 20.3 Å². The molecule has 7 heteroatoms. The Kier molecular flexibility index (Phi) is 5.51. The second-order valence-electron chi connectivity index (χ2n) is 4.69. The van der Waals surface area contributed by atoms with Crippen molar-refractivity contribution in [3.8, 4) is 0 Å². The molecule has 0 bridgehead atoms. The number of carboxylic acid groups (broad SMARTS) is 1. The highest BCUT2D eigenvalue weighted by atomic mass is 32.2. The van der Waals surface area contributed by atoms with Gasteiger partial charge in [-0.2, -0.15) is 0 Å². The van der Waals surface area contributed by atoms with Crippen LogP contribution in [0, 0.1) is 5.92 Å². The van der Waals surface area contributed by atoms with E-state index in [0.29, 0.717) is 5.92 Å². The number of rotatable bonds is 7. The van der Waals surface area contributed by atoms with Crippen molar-refractivity contribution in [3.05, 3.63) is 16.3 Å². The Bertz CT molecular complexity index is 536. The Labute approximate surface area is 117 Å². The van der Waals surface area contributed by atoms with Gasteiger partial charge in [0.15, 0.2) is 0 Å². The van der Waals surface area contributed by atoms with Crippen LogP contribution in [0.15, 0.2) is 16.3 Å². The van der Waals surface area contributed by atoms with E-state index in [2.05, 4.69) is 11.6 Å². The molecule has 0 aliphatic rings. The van der Waals surface area contributed by atoms with Crippen molar-refractivity contribution >= 4 is 27.3 Å². The zero-order chi connectivity index (χ0) is 14.6. The molecule has 0 radical (unpaired) electrons. The van der Waals surface area contributed by atoms with Gasteiger partial charge in [-0.25, -0.2) is 17.9 Å². The molecule has 2 atom stereocenters. The van der Waals surface area contributed by atoms with Crippen LogP contribution in [0.5, 0.6) is 0 Å². The summed E-state index contributed by atoms with van der Waals surface area (Å²) in [5.74, 6) is -0.802. The van der Waals surface area contributed by atoms with Crippen LogP contribution in [-0.4, -0.2) is 25.5 Å². The average Bonchev–Trinajstić information content (AvgIpc) is 2.77. The summed E-state index contributed by atoms with van der Waals surface area (Å²) in [5.41, 5.74) is 0. The summed E-state index contributed by atoms with van der Waals surface area (Å²) in [7, 11) is -3.77. The van der Waals surface area contributed by atoms with Gasteiger partial charge in [-0.3, -0.25) is 0 Å². The number of nitrogens with one attached hydrogen (secondary N) is 1. The van der Waals surface area contributed by atoms with Gasteiger partial charge in [-0.05, 0) is 30.7 Å². The molecule has 2 N–H and O–H groups in total. The predicted octanol–water partition coefficient (Wildman–Crippen LogP) is 2.55. The minimum Gasteiger partial charge on any atom is -0.477 e. The molecule has 0 fully saturated rings. The minimum absolute atomic E-state index is 0.150. The third-order valence-electron chi connectivity index (χ3n) is 2.92. The van der Waals surface area contributed by atoms with Crippen LogP contribution in [0.2, 0.25) is 0 Å². The monoisotopic (exact) mass is 305 g/mol. The van der Waals surface area contributed by atoms with Crippen molar-refractivity contribution in [2.75, 3.05) is 0 Å². The molecule has 1 aromatic rings. The maximum atomic E-state index is 12.1. The SMILES string of the molecule is CCC(C)CC(C)NS(=O)(=O)c1ccsc1C(=O)O. The molecular weight excluding hydrogens is 286 g/mol. The molecule has 1 aromatic heterocycles. The van der Waals surface area contributed by atoms with E-state index in [-0.39, 0.29) is 15.8 Å².